The quantitative estimate of drug-likeness (QED) is 0.462. The lowest BCUT2D eigenvalue weighted by Gasteiger charge is -2.24. The molecule has 1 aromatic heterocycles. The fourth-order valence-electron chi connectivity index (χ4n) is 3.09. The number of benzene rings is 3. The van der Waals surface area contributed by atoms with Crippen LogP contribution in [0.5, 0.6) is 5.75 Å². The van der Waals surface area contributed by atoms with Gasteiger partial charge in [0.05, 0.1) is 6.20 Å². The van der Waals surface area contributed by atoms with Gasteiger partial charge in [0.1, 0.15) is 23.6 Å². The number of hydrogen-bond donors (Lipinski definition) is 0. The minimum Gasteiger partial charge on any atom is -0.489 e. The zero-order valence-electron chi connectivity index (χ0n) is 16.1. The van der Waals surface area contributed by atoms with E-state index in [9.17, 15) is 0 Å². The first-order valence-electron chi connectivity index (χ1n) is 9.38. The molecular formula is C24H23N3O. The molecular weight excluding hydrogens is 346 g/mol. The molecule has 4 rings (SSSR count). The number of aromatic nitrogens is 3. The van der Waals surface area contributed by atoms with Crippen molar-refractivity contribution in [2.24, 2.45) is 0 Å². The molecule has 0 aliphatic heterocycles. The summed E-state index contributed by atoms with van der Waals surface area (Å²) in [5.41, 5.74) is 3.84. The molecule has 0 unspecified atom stereocenters. The maximum absolute atomic E-state index is 5.89. The van der Waals surface area contributed by atoms with Crippen molar-refractivity contribution < 1.29 is 4.74 Å². The molecule has 3 aromatic carbocycles. The second-order valence-electron chi connectivity index (χ2n) is 7.24. The Morgan fingerprint density at radius 3 is 2.14 bits per heavy atom. The topological polar surface area (TPSA) is 39.9 Å². The van der Waals surface area contributed by atoms with E-state index in [1.54, 1.807) is 4.80 Å². The van der Waals surface area contributed by atoms with Crippen molar-refractivity contribution in [3.8, 4) is 17.0 Å². The van der Waals surface area contributed by atoms with Gasteiger partial charge in [-0.05, 0) is 37.1 Å². The van der Waals surface area contributed by atoms with E-state index < -0.39 is 0 Å². The van der Waals surface area contributed by atoms with Gasteiger partial charge in [-0.1, -0.05) is 72.8 Å². The van der Waals surface area contributed by atoms with E-state index in [4.69, 9.17) is 9.84 Å². The van der Waals surface area contributed by atoms with Crippen LogP contribution in [0.25, 0.3) is 11.3 Å². The highest BCUT2D eigenvalue weighted by Crippen LogP contribution is 2.27. The fraction of sp³-hybridized carbons (Fsp3) is 0.167. The van der Waals surface area contributed by atoms with E-state index in [0.29, 0.717) is 6.61 Å². The molecule has 0 bridgehead atoms. The summed E-state index contributed by atoms with van der Waals surface area (Å²) in [5.74, 6) is 0.849. The van der Waals surface area contributed by atoms with Crippen LogP contribution in [0, 0.1) is 0 Å². The van der Waals surface area contributed by atoms with Gasteiger partial charge >= 0.3 is 0 Å². The first-order chi connectivity index (χ1) is 13.6. The normalized spacial score (nSPS) is 11.4. The first kappa shape index (κ1) is 18.0. The van der Waals surface area contributed by atoms with Gasteiger partial charge in [0.2, 0.25) is 0 Å². The molecule has 4 heteroatoms. The van der Waals surface area contributed by atoms with Crippen molar-refractivity contribution >= 4 is 0 Å². The Bertz CT molecular complexity index is 1020. The Balaban J connectivity index is 1.49. The maximum atomic E-state index is 5.89. The van der Waals surface area contributed by atoms with Crippen molar-refractivity contribution in [1.29, 1.82) is 0 Å². The Labute approximate surface area is 165 Å². The second-order valence-corrected chi connectivity index (χ2v) is 7.24. The first-order valence-corrected chi connectivity index (χ1v) is 9.38. The van der Waals surface area contributed by atoms with Crippen LogP contribution < -0.4 is 4.74 Å². The van der Waals surface area contributed by atoms with E-state index >= 15 is 0 Å². The number of rotatable bonds is 6. The van der Waals surface area contributed by atoms with Crippen molar-refractivity contribution in [2.75, 3.05) is 0 Å². The number of ether oxygens (including phenoxy) is 1. The monoisotopic (exact) mass is 369 g/mol. The smallest absolute Gasteiger partial charge is 0.119 e. The van der Waals surface area contributed by atoms with E-state index in [1.165, 1.54) is 0 Å². The predicted octanol–water partition coefficient (Wildman–Crippen LogP) is 5.31. The third kappa shape index (κ3) is 3.81. The molecule has 0 amide bonds. The molecule has 1 heterocycles. The average Bonchev–Trinajstić information content (AvgIpc) is 3.25. The van der Waals surface area contributed by atoms with Crippen LogP contribution in [-0.4, -0.2) is 15.0 Å². The molecule has 0 aliphatic rings. The summed E-state index contributed by atoms with van der Waals surface area (Å²) in [6, 6.07) is 28.4. The summed E-state index contributed by atoms with van der Waals surface area (Å²) in [6.45, 7) is 4.79. The van der Waals surface area contributed by atoms with Crippen LogP contribution >= 0.6 is 0 Å². The Morgan fingerprint density at radius 1 is 0.821 bits per heavy atom. The van der Waals surface area contributed by atoms with Gasteiger partial charge in [-0.25, -0.2) is 0 Å². The molecule has 0 saturated carbocycles. The maximum Gasteiger partial charge on any atom is 0.119 e. The zero-order chi connectivity index (χ0) is 19.4. The van der Waals surface area contributed by atoms with Crippen LogP contribution in [0.2, 0.25) is 0 Å². The third-order valence-electron chi connectivity index (χ3n) is 4.87. The molecule has 0 fully saturated rings. The van der Waals surface area contributed by atoms with Crippen LogP contribution in [0.3, 0.4) is 0 Å². The zero-order valence-corrected chi connectivity index (χ0v) is 16.1. The van der Waals surface area contributed by atoms with Gasteiger partial charge in [0.15, 0.2) is 0 Å². The summed E-state index contributed by atoms with van der Waals surface area (Å²) in [4.78, 5) is 1.77. The van der Waals surface area contributed by atoms with Crippen molar-refractivity contribution in [1.82, 2.24) is 15.0 Å². The van der Waals surface area contributed by atoms with E-state index in [-0.39, 0.29) is 5.54 Å². The van der Waals surface area contributed by atoms with Crippen molar-refractivity contribution in [3.05, 3.63) is 102 Å². The molecule has 0 spiro atoms. The summed E-state index contributed by atoms with van der Waals surface area (Å²) in [5, 5.41) is 9.21. The Morgan fingerprint density at radius 2 is 1.46 bits per heavy atom. The van der Waals surface area contributed by atoms with Crippen molar-refractivity contribution in [2.45, 2.75) is 26.0 Å². The summed E-state index contributed by atoms with van der Waals surface area (Å²) < 4.78 is 5.89. The number of hydrogen-bond acceptors (Lipinski definition) is 3. The van der Waals surface area contributed by atoms with Gasteiger partial charge in [-0.2, -0.15) is 15.0 Å². The SMILES string of the molecule is CC(C)(c1ccc(OCc2ccccc2)cc1)n1ncc(-c2ccccc2)n1. The van der Waals surface area contributed by atoms with E-state index in [1.807, 2.05) is 66.9 Å². The Hall–Kier alpha value is -3.40. The molecule has 0 atom stereocenters. The molecule has 0 aliphatic carbocycles. The average molecular weight is 369 g/mol. The van der Waals surface area contributed by atoms with Crippen LogP contribution in [0.4, 0.5) is 0 Å². The van der Waals surface area contributed by atoms with Gasteiger partial charge < -0.3 is 4.74 Å². The largest absolute Gasteiger partial charge is 0.489 e. The van der Waals surface area contributed by atoms with Crippen LogP contribution in [0.1, 0.15) is 25.0 Å². The fourth-order valence-corrected chi connectivity index (χ4v) is 3.09. The van der Waals surface area contributed by atoms with Gasteiger partial charge in [0, 0.05) is 5.56 Å². The Kier molecular flexibility index (Phi) is 4.94. The molecule has 0 radical (unpaired) electrons. The molecule has 140 valence electrons. The lowest BCUT2D eigenvalue weighted by Crippen LogP contribution is -2.30. The summed E-state index contributed by atoms with van der Waals surface area (Å²) in [6.07, 6.45) is 1.81. The van der Waals surface area contributed by atoms with Gasteiger partial charge in [0.25, 0.3) is 0 Å². The summed E-state index contributed by atoms with van der Waals surface area (Å²) in [7, 11) is 0. The highest BCUT2D eigenvalue weighted by Gasteiger charge is 2.25. The third-order valence-corrected chi connectivity index (χ3v) is 4.87. The summed E-state index contributed by atoms with van der Waals surface area (Å²) >= 11 is 0. The lowest BCUT2D eigenvalue weighted by molar-refractivity contribution is 0.305. The van der Waals surface area contributed by atoms with E-state index in [0.717, 1.165) is 28.1 Å². The van der Waals surface area contributed by atoms with Crippen LogP contribution in [0.15, 0.2) is 91.1 Å². The standard InChI is InChI=1S/C24H23N3O/c1-24(2,27-25-17-23(26-27)20-11-7-4-8-12-20)21-13-15-22(16-14-21)28-18-19-9-5-3-6-10-19/h3-17H,18H2,1-2H3. The lowest BCUT2D eigenvalue weighted by atomic mass is 9.95. The number of nitrogens with zero attached hydrogens (tertiary/aromatic N) is 3. The van der Waals surface area contributed by atoms with E-state index in [2.05, 4.69) is 43.2 Å². The molecule has 4 nitrogen and oxygen atoms in total. The molecule has 0 saturated heterocycles. The minimum absolute atomic E-state index is 0.370. The van der Waals surface area contributed by atoms with Crippen molar-refractivity contribution in [3.63, 3.8) is 0 Å². The molecule has 28 heavy (non-hydrogen) atoms. The minimum atomic E-state index is -0.370. The second kappa shape index (κ2) is 7.69. The molecule has 0 N–H and O–H groups in total. The van der Waals surface area contributed by atoms with Crippen LogP contribution in [-0.2, 0) is 12.1 Å². The highest BCUT2D eigenvalue weighted by molar-refractivity contribution is 5.57. The van der Waals surface area contributed by atoms with Gasteiger partial charge in [-0.3, -0.25) is 0 Å². The van der Waals surface area contributed by atoms with Gasteiger partial charge in [-0.15, -0.1) is 0 Å². The highest BCUT2D eigenvalue weighted by atomic mass is 16.5. The molecule has 4 aromatic rings. The predicted molar refractivity (Wildman–Crippen MR) is 111 cm³/mol.